The van der Waals surface area contributed by atoms with Crippen LogP contribution in [0.25, 0.3) is 5.69 Å². The number of tetrazole rings is 1. The molecule has 1 N–H and O–H groups in total. The van der Waals surface area contributed by atoms with Crippen LogP contribution in [0.3, 0.4) is 0 Å². The minimum absolute atomic E-state index is 0.104. The molecule has 0 aliphatic heterocycles. The van der Waals surface area contributed by atoms with Gasteiger partial charge >= 0.3 is 0 Å². The largest absolute Gasteiger partial charge is 0.484 e. The zero-order chi connectivity index (χ0) is 19.1. The Hall–Kier alpha value is -3.55. The van der Waals surface area contributed by atoms with Crippen LogP contribution < -0.4 is 10.1 Å². The molecule has 8 nitrogen and oxygen atoms in total. The highest BCUT2D eigenvalue weighted by Crippen LogP contribution is 2.15. The van der Waals surface area contributed by atoms with E-state index in [4.69, 9.17) is 4.74 Å². The van der Waals surface area contributed by atoms with E-state index >= 15 is 0 Å². The number of ketones is 1. The normalized spacial score (nSPS) is 11.6. The van der Waals surface area contributed by atoms with Crippen LogP contribution in [0.4, 0.5) is 0 Å². The lowest BCUT2D eigenvalue weighted by atomic mass is 10.0. The maximum absolute atomic E-state index is 12.2. The van der Waals surface area contributed by atoms with E-state index < -0.39 is 6.04 Å². The molecule has 0 unspecified atom stereocenters. The second kappa shape index (κ2) is 8.70. The molecule has 0 aliphatic carbocycles. The maximum Gasteiger partial charge on any atom is 0.258 e. The molecule has 3 rings (SSSR count). The van der Waals surface area contributed by atoms with Crippen molar-refractivity contribution in [1.29, 1.82) is 0 Å². The molecule has 0 saturated heterocycles. The van der Waals surface area contributed by atoms with Crippen molar-refractivity contribution in [2.75, 3.05) is 6.61 Å². The summed E-state index contributed by atoms with van der Waals surface area (Å²) in [6.45, 7) is 1.27. The van der Waals surface area contributed by atoms with Crippen LogP contribution in [-0.2, 0) is 16.0 Å². The minimum atomic E-state index is -0.587. The Bertz CT molecular complexity index is 897. The van der Waals surface area contributed by atoms with Crippen molar-refractivity contribution >= 4 is 11.7 Å². The highest BCUT2D eigenvalue weighted by atomic mass is 16.5. The fourth-order valence-corrected chi connectivity index (χ4v) is 2.53. The molecule has 0 saturated carbocycles. The summed E-state index contributed by atoms with van der Waals surface area (Å²) in [5.74, 6) is 0.0347. The maximum atomic E-state index is 12.2. The number of nitrogens with zero attached hydrogens (tertiary/aromatic N) is 4. The van der Waals surface area contributed by atoms with E-state index in [1.807, 2.05) is 36.4 Å². The fraction of sp³-hybridized carbons (Fsp3) is 0.211. The summed E-state index contributed by atoms with van der Waals surface area (Å²) in [4.78, 5) is 24.1. The molecule has 0 radical (unpaired) electrons. The molecule has 1 atom stereocenters. The summed E-state index contributed by atoms with van der Waals surface area (Å²) >= 11 is 0. The number of ether oxygens (including phenoxy) is 1. The van der Waals surface area contributed by atoms with Crippen molar-refractivity contribution in [3.63, 3.8) is 0 Å². The molecule has 3 aromatic rings. The van der Waals surface area contributed by atoms with E-state index in [1.165, 1.54) is 17.9 Å². The summed E-state index contributed by atoms with van der Waals surface area (Å²) in [6.07, 6.45) is 1.91. The molecule has 8 heteroatoms. The lowest BCUT2D eigenvalue weighted by Crippen LogP contribution is -2.43. The third kappa shape index (κ3) is 5.21. The number of Topliss-reactive ketones (excluding diaryl/α,β-unsaturated/α-hetero) is 1. The predicted octanol–water partition coefficient (Wildman–Crippen LogP) is 1.36. The van der Waals surface area contributed by atoms with Gasteiger partial charge in [-0.05, 0) is 41.5 Å². The van der Waals surface area contributed by atoms with E-state index in [0.29, 0.717) is 17.9 Å². The second-order valence-electron chi connectivity index (χ2n) is 5.96. The molecular weight excluding hydrogens is 346 g/mol. The molecule has 2 aromatic carbocycles. The average molecular weight is 365 g/mol. The van der Waals surface area contributed by atoms with Gasteiger partial charge in [0.25, 0.3) is 5.91 Å². The topological polar surface area (TPSA) is 99.0 Å². The second-order valence-corrected chi connectivity index (χ2v) is 5.96. The van der Waals surface area contributed by atoms with Gasteiger partial charge in [-0.2, -0.15) is 0 Å². The van der Waals surface area contributed by atoms with Crippen LogP contribution in [0.1, 0.15) is 12.5 Å². The van der Waals surface area contributed by atoms with Crippen molar-refractivity contribution < 1.29 is 14.3 Å². The Labute approximate surface area is 156 Å². The zero-order valence-electron chi connectivity index (χ0n) is 14.8. The van der Waals surface area contributed by atoms with E-state index in [1.54, 1.807) is 18.2 Å². The van der Waals surface area contributed by atoms with Crippen molar-refractivity contribution in [2.45, 2.75) is 19.4 Å². The minimum Gasteiger partial charge on any atom is -0.484 e. The van der Waals surface area contributed by atoms with Crippen molar-refractivity contribution in [3.05, 3.63) is 66.5 Å². The van der Waals surface area contributed by atoms with Gasteiger partial charge in [0.05, 0.1) is 11.7 Å². The lowest BCUT2D eigenvalue weighted by molar-refractivity contribution is -0.128. The van der Waals surface area contributed by atoms with Crippen LogP contribution in [0.2, 0.25) is 0 Å². The highest BCUT2D eigenvalue weighted by molar-refractivity contribution is 5.88. The highest BCUT2D eigenvalue weighted by Gasteiger charge is 2.18. The Balaban J connectivity index is 1.57. The molecular formula is C19H19N5O3. The third-order valence-corrected chi connectivity index (χ3v) is 3.91. The molecule has 1 heterocycles. The van der Waals surface area contributed by atoms with Gasteiger partial charge in [0.15, 0.2) is 12.4 Å². The van der Waals surface area contributed by atoms with E-state index in [2.05, 4.69) is 20.8 Å². The molecule has 138 valence electrons. The molecule has 27 heavy (non-hydrogen) atoms. The number of carbonyl (C=O) groups is 2. The zero-order valence-corrected chi connectivity index (χ0v) is 14.8. The Morgan fingerprint density at radius 3 is 2.67 bits per heavy atom. The number of benzene rings is 2. The molecule has 0 spiro atoms. The van der Waals surface area contributed by atoms with Crippen LogP contribution >= 0.6 is 0 Å². The third-order valence-electron chi connectivity index (χ3n) is 3.91. The van der Waals surface area contributed by atoms with Gasteiger partial charge in [0.1, 0.15) is 12.1 Å². The van der Waals surface area contributed by atoms with Crippen LogP contribution in [-0.4, -0.2) is 44.5 Å². The molecule has 0 fully saturated rings. The number of aromatic nitrogens is 4. The number of rotatable bonds is 8. The first kappa shape index (κ1) is 18.2. The Morgan fingerprint density at radius 2 is 1.96 bits per heavy atom. The number of nitrogens with one attached hydrogen (secondary N) is 1. The van der Waals surface area contributed by atoms with E-state index in [9.17, 15) is 9.59 Å². The summed E-state index contributed by atoms with van der Waals surface area (Å²) in [5, 5.41) is 13.7. The Morgan fingerprint density at radius 1 is 1.15 bits per heavy atom. The predicted molar refractivity (Wildman–Crippen MR) is 97.4 cm³/mol. The fourth-order valence-electron chi connectivity index (χ4n) is 2.53. The first-order chi connectivity index (χ1) is 13.1. The molecule has 1 amide bonds. The average Bonchev–Trinajstić information content (AvgIpc) is 3.22. The number of amides is 1. The van der Waals surface area contributed by atoms with Crippen LogP contribution in [0.15, 0.2) is 60.9 Å². The van der Waals surface area contributed by atoms with Gasteiger partial charge in [-0.3, -0.25) is 9.59 Å². The van der Waals surface area contributed by atoms with E-state index in [-0.39, 0.29) is 18.3 Å². The van der Waals surface area contributed by atoms with Gasteiger partial charge in [0.2, 0.25) is 0 Å². The van der Waals surface area contributed by atoms with Gasteiger partial charge in [0, 0.05) is 6.07 Å². The van der Waals surface area contributed by atoms with Gasteiger partial charge in [-0.15, -0.1) is 5.10 Å². The van der Waals surface area contributed by atoms with Crippen molar-refractivity contribution in [3.8, 4) is 11.4 Å². The van der Waals surface area contributed by atoms with Gasteiger partial charge in [-0.25, -0.2) is 4.68 Å². The monoisotopic (exact) mass is 365 g/mol. The summed E-state index contributed by atoms with van der Waals surface area (Å²) < 4.78 is 7.02. The standard InChI is InChI=1S/C19H19N5O3/c1-14(25)18(10-15-6-3-2-4-7-15)21-19(26)12-27-17-9-5-8-16(11-17)24-13-20-22-23-24/h2-9,11,13,18H,10,12H2,1H3,(H,21,26)/t18-/m0/s1. The number of hydrogen-bond acceptors (Lipinski definition) is 6. The Kier molecular flexibility index (Phi) is 5.88. The summed E-state index contributed by atoms with van der Waals surface area (Å²) in [6, 6.07) is 16.0. The summed E-state index contributed by atoms with van der Waals surface area (Å²) in [7, 11) is 0. The smallest absolute Gasteiger partial charge is 0.258 e. The first-order valence-electron chi connectivity index (χ1n) is 8.42. The number of hydrogen-bond donors (Lipinski definition) is 1. The SMILES string of the molecule is CC(=O)[C@H](Cc1ccccc1)NC(=O)COc1cccc(-n2cnnn2)c1. The van der Waals surface area contributed by atoms with Crippen LogP contribution in [0.5, 0.6) is 5.75 Å². The van der Waals surface area contributed by atoms with E-state index in [0.717, 1.165) is 5.56 Å². The summed E-state index contributed by atoms with van der Waals surface area (Å²) in [5.41, 5.74) is 1.69. The quantitative estimate of drug-likeness (QED) is 0.647. The van der Waals surface area contributed by atoms with Gasteiger partial charge in [-0.1, -0.05) is 36.4 Å². The number of carbonyl (C=O) groups excluding carboxylic acids is 2. The van der Waals surface area contributed by atoms with Crippen LogP contribution in [0, 0.1) is 0 Å². The molecule has 0 bridgehead atoms. The molecule has 0 aliphatic rings. The van der Waals surface area contributed by atoms with Crippen molar-refractivity contribution in [1.82, 2.24) is 25.5 Å². The lowest BCUT2D eigenvalue weighted by Gasteiger charge is -2.16. The first-order valence-corrected chi connectivity index (χ1v) is 8.42. The molecule has 1 aromatic heterocycles. The van der Waals surface area contributed by atoms with Crippen molar-refractivity contribution in [2.24, 2.45) is 0 Å². The van der Waals surface area contributed by atoms with Gasteiger partial charge < -0.3 is 10.1 Å².